The summed E-state index contributed by atoms with van der Waals surface area (Å²) >= 11 is 6.05. The summed E-state index contributed by atoms with van der Waals surface area (Å²) in [5, 5.41) is 5.86. The van der Waals surface area contributed by atoms with Gasteiger partial charge in [0.1, 0.15) is 17.5 Å². The summed E-state index contributed by atoms with van der Waals surface area (Å²) in [5.41, 5.74) is 0.301. The van der Waals surface area contributed by atoms with Crippen molar-refractivity contribution in [2.75, 3.05) is 6.54 Å². The van der Waals surface area contributed by atoms with Gasteiger partial charge in [-0.2, -0.15) is 0 Å². The van der Waals surface area contributed by atoms with Crippen molar-refractivity contribution in [3.8, 4) is 0 Å². The molecule has 0 saturated heterocycles. The molecule has 25 heavy (non-hydrogen) atoms. The van der Waals surface area contributed by atoms with Gasteiger partial charge in [-0.25, -0.2) is 13.2 Å². The highest BCUT2D eigenvalue weighted by Gasteiger charge is 2.23. The van der Waals surface area contributed by atoms with Crippen molar-refractivity contribution in [1.29, 1.82) is 0 Å². The van der Waals surface area contributed by atoms with E-state index in [4.69, 9.17) is 11.6 Å². The summed E-state index contributed by atoms with van der Waals surface area (Å²) in [4.78, 5) is 11.9. The van der Waals surface area contributed by atoms with Gasteiger partial charge in [-0.15, -0.1) is 0 Å². The Labute approximate surface area is 149 Å². The fourth-order valence-corrected chi connectivity index (χ4v) is 2.77. The number of benzene rings is 2. The molecule has 0 spiro atoms. The van der Waals surface area contributed by atoms with E-state index >= 15 is 0 Å². The first kappa shape index (κ1) is 19.3. The Morgan fingerprint density at radius 3 is 2.28 bits per heavy atom. The molecule has 2 rings (SSSR count). The number of nitrogens with one attached hydrogen (secondary N) is 2. The molecule has 0 unspecified atom stereocenters. The molecule has 0 aliphatic rings. The highest BCUT2D eigenvalue weighted by atomic mass is 35.5. The molecule has 134 valence electrons. The molecule has 2 aromatic carbocycles. The first-order chi connectivity index (χ1) is 11.7. The van der Waals surface area contributed by atoms with E-state index in [1.807, 2.05) is 0 Å². The van der Waals surface area contributed by atoms with Crippen molar-refractivity contribution in [3.63, 3.8) is 0 Å². The zero-order chi connectivity index (χ0) is 18.6. The smallest absolute Gasteiger partial charge is 0.234 e. The molecule has 3 nitrogen and oxygen atoms in total. The molecule has 0 aromatic heterocycles. The lowest BCUT2D eigenvalue weighted by molar-refractivity contribution is -0.120. The minimum absolute atomic E-state index is 0.00687. The van der Waals surface area contributed by atoms with E-state index in [0.29, 0.717) is 11.1 Å². The highest BCUT2D eigenvalue weighted by Crippen LogP contribution is 2.28. The number of carbonyl (C=O) groups excluding carboxylic acids is 1. The van der Waals surface area contributed by atoms with Crippen LogP contribution in [0.1, 0.15) is 25.0 Å². The lowest BCUT2D eigenvalue weighted by Gasteiger charge is -2.27. The van der Waals surface area contributed by atoms with Gasteiger partial charge in [0.15, 0.2) is 0 Å². The minimum Gasteiger partial charge on any atom is -0.351 e. The molecule has 0 atom stereocenters. The van der Waals surface area contributed by atoms with Crippen LogP contribution in [0.5, 0.6) is 0 Å². The zero-order valence-corrected chi connectivity index (χ0v) is 14.6. The van der Waals surface area contributed by atoms with Crippen molar-refractivity contribution in [3.05, 3.63) is 70.0 Å². The number of halogens is 4. The normalized spacial score (nSPS) is 11.4. The predicted octanol–water partition coefficient (Wildman–Crippen LogP) is 3.90. The number of carbonyl (C=O) groups is 1. The fraction of sp³-hybridized carbons (Fsp3) is 0.278. The first-order valence-electron chi connectivity index (χ1n) is 7.59. The van der Waals surface area contributed by atoms with Gasteiger partial charge in [-0.1, -0.05) is 17.7 Å². The Bertz CT molecular complexity index is 761. The van der Waals surface area contributed by atoms with Crippen LogP contribution in [-0.4, -0.2) is 12.5 Å². The van der Waals surface area contributed by atoms with Crippen molar-refractivity contribution >= 4 is 17.5 Å². The maximum atomic E-state index is 13.1. The summed E-state index contributed by atoms with van der Waals surface area (Å²) in [7, 11) is 0. The molecule has 2 N–H and O–H groups in total. The van der Waals surface area contributed by atoms with Gasteiger partial charge in [-0.05, 0) is 49.2 Å². The Hall–Kier alpha value is -2.05. The van der Waals surface area contributed by atoms with Gasteiger partial charge in [0.25, 0.3) is 0 Å². The van der Waals surface area contributed by atoms with E-state index in [1.165, 1.54) is 12.1 Å². The average molecular weight is 371 g/mol. The lowest BCUT2D eigenvalue weighted by Crippen LogP contribution is -2.43. The maximum Gasteiger partial charge on any atom is 0.234 e. The Morgan fingerprint density at radius 2 is 1.68 bits per heavy atom. The molecule has 0 bridgehead atoms. The summed E-state index contributed by atoms with van der Waals surface area (Å²) in [6, 6.07) is 7.13. The van der Waals surface area contributed by atoms with Crippen LogP contribution in [0.3, 0.4) is 0 Å². The van der Waals surface area contributed by atoms with Crippen LogP contribution in [0.2, 0.25) is 5.02 Å². The second kappa shape index (κ2) is 7.89. The molecule has 0 saturated carbocycles. The highest BCUT2D eigenvalue weighted by molar-refractivity contribution is 6.31. The summed E-state index contributed by atoms with van der Waals surface area (Å²) in [5.74, 6) is -2.19. The number of hydrogen-bond acceptors (Lipinski definition) is 2. The molecule has 2 aromatic rings. The molecule has 0 fully saturated rings. The topological polar surface area (TPSA) is 41.1 Å². The van der Waals surface area contributed by atoms with Gasteiger partial charge in [0.2, 0.25) is 5.91 Å². The molecule has 1 amide bonds. The molecular weight excluding hydrogens is 353 g/mol. The third-order valence-corrected chi connectivity index (χ3v) is 4.02. The standard InChI is InChI=1S/C18H18ClF3N2O/c1-18(2,15-4-3-12(20)8-16(15)19)24-10-17(25)23-9-11-5-13(21)7-14(22)6-11/h3-8,24H,9-10H2,1-2H3,(H,23,25). The van der Waals surface area contributed by atoms with E-state index < -0.39 is 23.0 Å². The van der Waals surface area contributed by atoms with Crippen LogP contribution in [0, 0.1) is 17.5 Å². The molecular formula is C18H18ClF3N2O. The SMILES string of the molecule is CC(C)(NCC(=O)NCc1cc(F)cc(F)c1)c1ccc(F)cc1Cl. The van der Waals surface area contributed by atoms with Crippen LogP contribution < -0.4 is 10.6 Å². The zero-order valence-electron chi connectivity index (χ0n) is 13.8. The molecule has 0 heterocycles. The number of hydrogen-bond donors (Lipinski definition) is 2. The number of amides is 1. The Balaban J connectivity index is 1.92. The average Bonchev–Trinajstić information content (AvgIpc) is 2.49. The molecule has 0 aliphatic heterocycles. The van der Waals surface area contributed by atoms with Crippen molar-refractivity contribution in [2.45, 2.75) is 25.9 Å². The van der Waals surface area contributed by atoms with Crippen LogP contribution in [0.4, 0.5) is 13.2 Å². The molecule has 0 aliphatic carbocycles. The second-order valence-electron chi connectivity index (χ2n) is 6.16. The van der Waals surface area contributed by atoms with Crippen molar-refractivity contribution < 1.29 is 18.0 Å². The first-order valence-corrected chi connectivity index (χ1v) is 7.97. The van der Waals surface area contributed by atoms with E-state index in [9.17, 15) is 18.0 Å². The van der Waals surface area contributed by atoms with Crippen molar-refractivity contribution in [1.82, 2.24) is 10.6 Å². The quantitative estimate of drug-likeness (QED) is 0.809. The molecule has 7 heteroatoms. The van der Waals surface area contributed by atoms with Crippen LogP contribution in [-0.2, 0) is 16.9 Å². The van der Waals surface area contributed by atoms with Gasteiger partial charge >= 0.3 is 0 Å². The lowest BCUT2D eigenvalue weighted by atomic mass is 9.94. The summed E-state index contributed by atoms with van der Waals surface area (Å²) in [6.45, 7) is 3.58. The van der Waals surface area contributed by atoms with Gasteiger partial charge < -0.3 is 5.32 Å². The monoisotopic (exact) mass is 370 g/mol. The largest absolute Gasteiger partial charge is 0.351 e. The Morgan fingerprint density at radius 1 is 1.04 bits per heavy atom. The van der Waals surface area contributed by atoms with Gasteiger partial charge in [0, 0.05) is 23.2 Å². The summed E-state index contributed by atoms with van der Waals surface area (Å²) in [6.07, 6.45) is 0. The fourth-order valence-electron chi connectivity index (χ4n) is 2.37. The van der Waals surface area contributed by atoms with E-state index in [1.54, 1.807) is 19.9 Å². The van der Waals surface area contributed by atoms with Crippen LogP contribution in [0.15, 0.2) is 36.4 Å². The van der Waals surface area contributed by atoms with E-state index in [2.05, 4.69) is 10.6 Å². The van der Waals surface area contributed by atoms with Crippen LogP contribution >= 0.6 is 11.6 Å². The predicted molar refractivity (Wildman–Crippen MR) is 90.6 cm³/mol. The number of rotatable bonds is 6. The minimum atomic E-state index is -0.700. The van der Waals surface area contributed by atoms with Gasteiger partial charge in [0.05, 0.1) is 6.54 Å². The maximum absolute atomic E-state index is 13.1. The Kier molecular flexibility index (Phi) is 6.08. The van der Waals surface area contributed by atoms with Gasteiger partial charge in [-0.3, -0.25) is 10.1 Å². The van der Waals surface area contributed by atoms with E-state index in [0.717, 1.165) is 18.2 Å². The third-order valence-electron chi connectivity index (χ3n) is 3.71. The van der Waals surface area contributed by atoms with Crippen LogP contribution in [0.25, 0.3) is 0 Å². The summed E-state index contributed by atoms with van der Waals surface area (Å²) < 4.78 is 39.4. The third kappa shape index (κ3) is 5.47. The van der Waals surface area contributed by atoms with Crippen molar-refractivity contribution in [2.24, 2.45) is 0 Å². The molecule has 0 radical (unpaired) electrons. The second-order valence-corrected chi connectivity index (χ2v) is 6.56. The van der Waals surface area contributed by atoms with E-state index in [-0.39, 0.29) is 24.0 Å².